The van der Waals surface area contributed by atoms with Gasteiger partial charge in [-0.15, -0.1) is 0 Å². The first-order valence-electron chi connectivity index (χ1n) is 14.8. The van der Waals surface area contributed by atoms with Crippen LogP contribution in [0, 0.1) is 5.82 Å². The lowest BCUT2D eigenvalue weighted by Crippen LogP contribution is -2.54. The first-order valence-corrected chi connectivity index (χ1v) is 16.6. The summed E-state index contributed by atoms with van der Waals surface area (Å²) in [7, 11) is -2.81. The van der Waals surface area contributed by atoms with E-state index in [1.54, 1.807) is 42.5 Å². The summed E-state index contributed by atoms with van der Waals surface area (Å²) >= 11 is 6.08. The average Bonchev–Trinajstić information content (AvgIpc) is 3.07. The molecule has 4 aromatic carbocycles. The number of hydrogen-bond acceptors (Lipinski definition) is 5. The van der Waals surface area contributed by atoms with Crippen LogP contribution < -0.4 is 14.4 Å². The Morgan fingerprint density at radius 3 is 2.20 bits per heavy atom. The Morgan fingerprint density at radius 1 is 0.913 bits per heavy atom. The van der Waals surface area contributed by atoms with Gasteiger partial charge in [-0.05, 0) is 66.9 Å². The molecular weight excluding hydrogens is 629 g/mol. The summed E-state index contributed by atoms with van der Waals surface area (Å²) in [6, 6.07) is 26.3. The molecule has 11 heteroatoms. The van der Waals surface area contributed by atoms with Crippen molar-refractivity contribution in [3.8, 4) is 5.75 Å². The molecular formula is C35H37ClFN3O5S. The van der Waals surface area contributed by atoms with Crippen LogP contribution in [0.4, 0.5) is 10.1 Å². The smallest absolute Gasteiger partial charge is 0.264 e. The van der Waals surface area contributed by atoms with Gasteiger partial charge in [-0.1, -0.05) is 79.2 Å². The summed E-state index contributed by atoms with van der Waals surface area (Å²) < 4.78 is 48.5. The lowest BCUT2D eigenvalue weighted by Gasteiger charge is -2.34. The average molecular weight is 666 g/mol. The highest BCUT2D eigenvalue weighted by atomic mass is 35.5. The number of carbonyl (C=O) groups excluding carboxylic acids is 2. The molecule has 0 saturated heterocycles. The molecule has 46 heavy (non-hydrogen) atoms. The van der Waals surface area contributed by atoms with Crippen molar-refractivity contribution in [1.82, 2.24) is 10.2 Å². The van der Waals surface area contributed by atoms with Gasteiger partial charge in [0.2, 0.25) is 11.8 Å². The fourth-order valence-corrected chi connectivity index (χ4v) is 6.45. The number of amides is 2. The van der Waals surface area contributed by atoms with E-state index in [2.05, 4.69) is 5.32 Å². The number of nitrogens with one attached hydrogen (secondary N) is 1. The van der Waals surface area contributed by atoms with E-state index in [4.69, 9.17) is 16.3 Å². The third-order valence-electron chi connectivity index (χ3n) is 7.56. The Balaban J connectivity index is 1.83. The van der Waals surface area contributed by atoms with Gasteiger partial charge in [0.05, 0.1) is 22.7 Å². The lowest BCUT2D eigenvalue weighted by molar-refractivity contribution is -0.140. The van der Waals surface area contributed by atoms with Gasteiger partial charge >= 0.3 is 0 Å². The maximum absolute atomic E-state index is 14.5. The highest BCUT2D eigenvalue weighted by Crippen LogP contribution is 2.29. The largest absolute Gasteiger partial charge is 0.497 e. The maximum atomic E-state index is 14.5. The van der Waals surface area contributed by atoms with E-state index < -0.39 is 34.3 Å². The molecule has 242 valence electrons. The minimum absolute atomic E-state index is 0.00593. The highest BCUT2D eigenvalue weighted by molar-refractivity contribution is 7.92. The second-order valence-corrected chi connectivity index (χ2v) is 13.1. The number of sulfonamides is 1. The Morgan fingerprint density at radius 2 is 1.57 bits per heavy atom. The summed E-state index contributed by atoms with van der Waals surface area (Å²) in [4.78, 5) is 29.7. The van der Waals surface area contributed by atoms with Crippen LogP contribution in [0.15, 0.2) is 108 Å². The van der Waals surface area contributed by atoms with E-state index in [0.29, 0.717) is 17.7 Å². The minimum Gasteiger partial charge on any atom is -0.497 e. The van der Waals surface area contributed by atoms with E-state index in [1.165, 1.54) is 30.2 Å². The van der Waals surface area contributed by atoms with Gasteiger partial charge in [0.15, 0.2) is 0 Å². The maximum Gasteiger partial charge on any atom is 0.264 e. The monoisotopic (exact) mass is 665 g/mol. The molecule has 0 aromatic heterocycles. The van der Waals surface area contributed by atoms with Crippen molar-refractivity contribution in [2.24, 2.45) is 0 Å². The fourth-order valence-electron chi connectivity index (χ4n) is 4.85. The molecule has 0 heterocycles. The van der Waals surface area contributed by atoms with Crippen LogP contribution in [-0.2, 0) is 32.6 Å². The first-order chi connectivity index (χ1) is 22.0. The molecule has 0 unspecified atom stereocenters. The number of hydrogen-bond donors (Lipinski definition) is 1. The summed E-state index contributed by atoms with van der Waals surface area (Å²) in [5, 5.41) is 2.70. The van der Waals surface area contributed by atoms with Gasteiger partial charge in [-0.25, -0.2) is 12.8 Å². The van der Waals surface area contributed by atoms with Crippen molar-refractivity contribution < 1.29 is 27.1 Å². The lowest BCUT2D eigenvalue weighted by atomic mass is 10.0. The van der Waals surface area contributed by atoms with E-state index in [-0.39, 0.29) is 40.5 Å². The third kappa shape index (κ3) is 8.64. The van der Waals surface area contributed by atoms with Crippen LogP contribution in [0.1, 0.15) is 31.4 Å². The van der Waals surface area contributed by atoms with Crippen LogP contribution in [0.2, 0.25) is 5.02 Å². The summed E-state index contributed by atoms with van der Waals surface area (Å²) in [6.45, 7) is 3.10. The number of ether oxygens (including phenoxy) is 1. The molecule has 0 aliphatic heterocycles. The zero-order chi connectivity index (χ0) is 33.3. The molecule has 0 aliphatic rings. The number of rotatable bonds is 14. The molecule has 0 fully saturated rings. The molecule has 0 saturated carbocycles. The number of nitrogens with zero attached hydrogens (tertiary/aromatic N) is 2. The van der Waals surface area contributed by atoms with Crippen molar-refractivity contribution in [2.75, 3.05) is 18.0 Å². The van der Waals surface area contributed by atoms with Crippen molar-refractivity contribution in [3.63, 3.8) is 0 Å². The Kier molecular flexibility index (Phi) is 11.8. The topological polar surface area (TPSA) is 96.0 Å². The van der Waals surface area contributed by atoms with E-state index >= 15 is 0 Å². The Hall–Kier alpha value is -4.41. The molecule has 4 aromatic rings. The van der Waals surface area contributed by atoms with Crippen molar-refractivity contribution in [1.29, 1.82) is 0 Å². The number of benzene rings is 4. The number of methoxy groups -OCH3 is 1. The van der Waals surface area contributed by atoms with Crippen molar-refractivity contribution in [2.45, 2.75) is 50.2 Å². The summed E-state index contributed by atoms with van der Waals surface area (Å²) in [6.07, 6.45) is 0.842. The SMILES string of the molecule is CC[C@@H](C)NC(=O)[C@@H](Cc1ccccc1)N(Cc1cccc(OC)c1)C(=O)CN(c1ccc(F)c(Cl)c1)S(=O)(=O)c1ccccc1. The zero-order valence-corrected chi connectivity index (χ0v) is 27.5. The van der Waals surface area contributed by atoms with Crippen LogP contribution in [0.25, 0.3) is 0 Å². The van der Waals surface area contributed by atoms with Gasteiger partial charge in [0.25, 0.3) is 10.0 Å². The standard InChI is InChI=1S/C35H37ClFN3O5S/c1-4-25(2)38-35(42)33(21-26-12-7-5-8-13-26)39(23-27-14-11-15-29(20-27)45-3)34(41)24-40(28-18-19-32(37)31(36)22-28)46(43,44)30-16-9-6-10-17-30/h5-20,22,25,33H,4,21,23-24H2,1-3H3,(H,38,42)/t25-,33-/m1/s1. The normalized spacial score (nSPS) is 12.5. The number of carbonyl (C=O) groups is 2. The predicted molar refractivity (Wildman–Crippen MR) is 178 cm³/mol. The molecule has 0 spiro atoms. The van der Waals surface area contributed by atoms with Crippen LogP contribution in [-0.4, -0.2) is 50.9 Å². The molecule has 0 radical (unpaired) electrons. The van der Waals surface area contributed by atoms with Crippen LogP contribution >= 0.6 is 11.6 Å². The second-order valence-electron chi connectivity index (χ2n) is 10.8. The van der Waals surface area contributed by atoms with Crippen molar-refractivity contribution >= 4 is 39.1 Å². The van der Waals surface area contributed by atoms with Gasteiger partial charge in [-0.2, -0.15) is 0 Å². The van der Waals surface area contributed by atoms with Crippen molar-refractivity contribution in [3.05, 3.63) is 125 Å². The van der Waals surface area contributed by atoms with E-state index in [9.17, 15) is 22.4 Å². The van der Waals surface area contributed by atoms with Gasteiger partial charge in [0, 0.05) is 19.0 Å². The molecule has 0 bridgehead atoms. The quantitative estimate of drug-likeness (QED) is 0.172. The van der Waals surface area contributed by atoms with Gasteiger partial charge in [-0.3, -0.25) is 13.9 Å². The third-order valence-corrected chi connectivity index (χ3v) is 9.64. The van der Waals surface area contributed by atoms with E-state index in [0.717, 1.165) is 22.0 Å². The van der Waals surface area contributed by atoms with Gasteiger partial charge in [0.1, 0.15) is 24.2 Å². The molecule has 1 N–H and O–H groups in total. The van der Waals surface area contributed by atoms with E-state index in [1.807, 2.05) is 44.2 Å². The molecule has 2 amide bonds. The Bertz CT molecular complexity index is 1740. The Labute approximate surface area is 274 Å². The first kappa shape index (κ1) is 34.5. The predicted octanol–water partition coefficient (Wildman–Crippen LogP) is 6.24. The minimum atomic E-state index is -4.34. The fraction of sp³-hybridized carbons (Fsp3) is 0.257. The zero-order valence-electron chi connectivity index (χ0n) is 25.9. The molecule has 4 rings (SSSR count). The summed E-state index contributed by atoms with van der Waals surface area (Å²) in [5.74, 6) is -1.21. The molecule has 8 nitrogen and oxygen atoms in total. The second kappa shape index (κ2) is 15.7. The van der Waals surface area contributed by atoms with Crippen LogP contribution in [0.3, 0.4) is 0 Å². The number of halogens is 2. The van der Waals surface area contributed by atoms with Crippen LogP contribution in [0.5, 0.6) is 5.75 Å². The molecule has 2 atom stereocenters. The van der Waals surface area contributed by atoms with Gasteiger partial charge < -0.3 is 15.0 Å². The highest BCUT2D eigenvalue weighted by Gasteiger charge is 2.35. The number of anilines is 1. The summed E-state index contributed by atoms with van der Waals surface area (Å²) in [5.41, 5.74) is 1.48. The molecule has 0 aliphatic carbocycles.